The van der Waals surface area contributed by atoms with Crippen LogP contribution in [-0.2, 0) is 11.8 Å². The summed E-state index contributed by atoms with van der Waals surface area (Å²) in [5.41, 5.74) is 1.78. The first-order valence-electron chi connectivity index (χ1n) is 7.93. The van der Waals surface area contributed by atoms with Gasteiger partial charge >= 0.3 is 6.09 Å². The Morgan fingerprint density at radius 3 is 2.69 bits per heavy atom. The number of anilines is 3. The number of benzene rings is 1. The quantitative estimate of drug-likeness (QED) is 0.670. The van der Waals surface area contributed by atoms with Crippen LogP contribution in [0.25, 0.3) is 11.0 Å². The number of imidazole rings is 1. The average Bonchev–Trinajstić information content (AvgIpc) is 2.81. The molecule has 0 radical (unpaired) electrons. The van der Waals surface area contributed by atoms with E-state index in [0.29, 0.717) is 17.3 Å². The molecular formula is C17H19ClN6O2. The van der Waals surface area contributed by atoms with Crippen molar-refractivity contribution in [3.05, 3.63) is 35.7 Å². The van der Waals surface area contributed by atoms with Crippen LogP contribution in [0, 0.1) is 0 Å². The number of hydrogen-bond donors (Lipinski definition) is 2. The summed E-state index contributed by atoms with van der Waals surface area (Å²) in [6.07, 6.45) is 1.02. The molecule has 0 fully saturated rings. The molecule has 3 aromatic rings. The maximum absolute atomic E-state index is 12.0. The zero-order chi connectivity index (χ0) is 18.9. The SMILES string of the molecule is Cn1c(NC(=O)OC(C)(C)C)nc2cc(Nc3ccnc(Cl)n3)ccc21. The summed E-state index contributed by atoms with van der Waals surface area (Å²) in [7, 11) is 1.82. The van der Waals surface area contributed by atoms with E-state index in [2.05, 4.69) is 25.6 Å². The van der Waals surface area contributed by atoms with Gasteiger partial charge in [-0.2, -0.15) is 0 Å². The van der Waals surface area contributed by atoms with Gasteiger partial charge in [0.05, 0.1) is 11.0 Å². The lowest BCUT2D eigenvalue weighted by Gasteiger charge is -2.19. The van der Waals surface area contributed by atoms with Crippen molar-refractivity contribution in [2.24, 2.45) is 7.05 Å². The van der Waals surface area contributed by atoms with E-state index in [1.165, 1.54) is 0 Å². The van der Waals surface area contributed by atoms with Crippen molar-refractivity contribution in [2.45, 2.75) is 26.4 Å². The predicted octanol–water partition coefficient (Wildman–Crippen LogP) is 4.11. The largest absolute Gasteiger partial charge is 0.444 e. The number of carbonyl (C=O) groups excluding carboxylic acids is 1. The van der Waals surface area contributed by atoms with Crippen LogP contribution >= 0.6 is 11.6 Å². The van der Waals surface area contributed by atoms with Crippen LogP contribution in [0.1, 0.15) is 20.8 Å². The smallest absolute Gasteiger partial charge is 0.414 e. The van der Waals surface area contributed by atoms with Gasteiger partial charge in [0.25, 0.3) is 0 Å². The number of aromatic nitrogens is 4. The van der Waals surface area contributed by atoms with E-state index in [1.807, 2.05) is 25.2 Å². The Balaban J connectivity index is 1.83. The van der Waals surface area contributed by atoms with Crippen molar-refractivity contribution in [3.8, 4) is 0 Å². The van der Waals surface area contributed by atoms with E-state index in [9.17, 15) is 4.79 Å². The molecule has 0 unspecified atom stereocenters. The molecule has 2 aromatic heterocycles. The van der Waals surface area contributed by atoms with Gasteiger partial charge in [-0.1, -0.05) is 0 Å². The molecule has 0 aliphatic rings. The van der Waals surface area contributed by atoms with Crippen LogP contribution in [0.15, 0.2) is 30.5 Å². The number of fused-ring (bicyclic) bond motifs is 1. The molecule has 2 N–H and O–H groups in total. The Morgan fingerprint density at radius 2 is 2.00 bits per heavy atom. The lowest BCUT2D eigenvalue weighted by molar-refractivity contribution is 0.0634. The Hall–Kier alpha value is -2.87. The first kappa shape index (κ1) is 17.9. The number of rotatable bonds is 3. The van der Waals surface area contributed by atoms with Crippen molar-refractivity contribution >= 4 is 46.2 Å². The highest BCUT2D eigenvalue weighted by atomic mass is 35.5. The van der Waals surface area contributed by atoms with Crippen LogP contribution in [0.4, 0.5) is 22.2 Å². The van der Waals surface area contributed by atoms with Gasteiger partial charge in [-0.3, -0.25) is 5.32 Å². The van der Waals surface area contributed by atoms with Crippen molar-refractivity contribution in [3.63, 3.8) is 0 Å². The molecule has 0 saturated heterocycles. The number of ether oxygens (including phenoxy) is 1. The second kappa shape index (κ2) is 6.80. The Kier molecular flexibility index (Phi) is 4.69. The number of nitrogens with one attached hydrogen (secondary N) is 2. The predicted molar refractivity (Wildman–Crippen MR) is 101 cm³/mol. The van der Waals surface area contributed by atoms with Crippen LogP contribution in [0.5, 0.6) is 0 Å². The van der Waals surface area contributed by atoms with Crippen molar-refractivity contribution in [2.75, 3.05) is 10.6 Å². The fourth-order valence-electron chi connectivity index (χ4n) is 2.34. The number of carbonyl (C=O) groups is 1. The van der Waals surface area contributed by atoms with Crippen LogP contribution in [-0.4, -0.2) is 31.2 Å². The fraction of sp³-hybridized carbons (Fsp3) is 0.294. The van der Waals surface area contributed by atoms with Crippen molar-refractivity contribution in [1.29, 1.82) is 0 Å². The van der Waals surface area contributed by atoms with E-state index in [1.54, 1.807) is 37.6 Å². The maximum atomic E-state index is 12.0. The summed E-state index contributed by atoms with van der Waals surface area (Å²) >= 11 is 5.79. The molecule has 9 heteroatoms. The maximum Gasteiger partial charge on any atom is 0.414 e. The summed E-state index contributed by atoms with van der Waals surface area (Å²) < 4.78 is 7.05. The Labute approximate surface area is 155 Å². The third-order valence-electron chi connectivity index (χ3n) is 3.39. The standard InChI is InChI=1S/C17H19ClN6O2/c1-17(2,3)26-16(25)23-15-21-11-9-10(5-6-12(11)24(15)4)20-13-7-8-19-14(18)22-13/h5-9H,1-4H3,(H,19,20,22)(H,21,23,25). The highest BCUT2D eigenvalue weighted by Crippen LogP contribution is 2.24. The van der Waals surface area contributed by atoms with Gasteiger partial charge in [-0.25, -0.2) is 19.7 Å². The zero-order valence-corrected chi connectivity index (χ0v) is 15.6. The van der Waals surface area contributed by atoms with Gasteiger partial charge in [0, 0.05) is 18.9 Å². The molecule has 0 aliphatic heterocycles. The first-order chi connectivity index (χ1) is 12.2. The van der Waals surface area contributed by atoms with E-state index >= 15 is 0 Å². The molecule has 26 heavy (non-hydrogen) atoms. The Morgan fingerprint density at radius 1 is 1.23 bits per heavy atom. The van der Waals surface area contributed by atoms with Crippen LogP contribution < -0.4 is 10.6 Å². The van der Waals surface area contributed by atoms with Gasteiger partial charge in [0.15, 0.2) is 0 Å². The third kappa shape index (κ3) is 4.20. The van der Waals surface area contributed by atoms with Crippen LogP contribution in [0.3, 0.4) is 0 Å². The molecule has 8 nitrogen and oxygen atoms in total. The molecule has 0 spiro atoms. The molecule has 0 bridgehead atoms. The van der Waals surface area contributed by atoms with Crippen molar-refractivity contribution < 1.29 is 9.53 Å². The van der Waals surface area contributed by atoms with E-state index in [4.69, 9.17) is 16.3 Å². The molecule has 0 aliphatic carbocycles. The second-order valence-corrected chi connectivity index (χ2v) is 7.00. The molecule has 1 aromatic carbocycles. The van der Waals surface area contributed by atoms with E-state index in [-0.39, 0.29) is 5.28 Å². The van der Waals surface area contributed by atoms with E-state index in [0.717, 1.165) is 11.2 Å². The zero-order valence-electron chi connectivity index (χ0n) is 14.9. The number of aryl methyl sites for hydroxylation is 1. The fourth-order valence-corrected chi connectivity index (χ4v) is 2.48. The lowest BCUT2D eigenvalue weighted by Crippen LogP contribution is -2.28. The van der Waals surface area contributed by atoms with Gasteiger partial charge < -0.3 is 14.6 Å². The molecule has 136 valence electrons. The minimum atomic E-state index is -0.579. The third-order valence-corrected chi connectivity index (χ3v) is 3.57. The Bertz CT molecular complexity index is 964. The summed E-state index contributed by atoms with van der Waals surface area (Å²) in [6, 6.07) is 7.35. The van der Waals surface area contributed by atoms with Crippen LogP contribution in [0.2, 0.25) is 5.28 Å². The molecule has 0 saturated carbocycles. The van der Waals surface area contributed by atoms with Crippen molar-refractivity contribution in [1.82, 2.24) is 19.5 Å². The normalized spacial score (nSPS) is 11.4. The lowest BCUT2D eigenvalue weighted by atomic mass is 10.2. The molecule has 3 rings (SSSR count). The molecule has 2 heterocycles. The van der Waals surface area contributed by atoms with E-state index < -0.39 is 11.7 Å². The van der Waals surface area contributed by atoms with Gasteiger partial charge in [0.1, 0.15) is 11.4 Å². The number of halogens is 1. The number of amides is 1. The molecule has 1 amide bonds. The highest BCUT2D eigenvalue weighted by molar-refractivity contribution is 6.28. The summed E-state index contributed by atoms with van der Waals surface area (Å²) in [5.74, 6) is 0.976. The van der Waals surface area contributed by atoms with Gasteiger partial charge in [0.2, 0.25) is 11.2 Å². The summed E-state index contributed by atoms with van der Waals surface area (Å²) in [4.78, 5) is 24.4. The minimum absolute atomic E-state index is 0.165. The highest BCUT2D eigenvalue weighted by Gasteiger charge is 2.18. The first-order valence-corrected chi connectivity index (χ1v) is 8.31. The molecule has 0 atom stereocenters. The van der Waals surface area contributed by atoms with Gasteiger partial charge in [-0.05, 0) is 56.6 Å². The summed E-state index contributed by atoms with van der Waals surface area (Å²) in [5, 5.41) is 5.97. The van der Waals surface area contributed by atoms with Gasteiger partial charge in [-0.15, -0.1) is 0 Å². The average molecular weight is 375 g/mol. The number of nitrogens with zero attached hydrogens (tertiary/aromatic N) is 4. The minimum Gasteiger partial charge on any atom is -0.444 e. The number of hydrogen-bond acceptors (Lipinski definition) is 6. The summed E-state index contributed by atoms with van der Waals surface area (Å²) in [6.45, 7) is 5.41. The monoisotopic (exact) mass is 374 g/mol. The topological polar surface area (TPSA) is 94.0 Å². The second-order valence-electron chi connectivity index (χ2n) is 6.66. The molecular weight excluding hydrogens is 356 g/mol.